The van der Waals surface area contributed by atoms with Gasteiger partial charge < -0.3 is 0 Å². The van der Waals surface area contributed by atoms with Crippen molar-refractivity contribution in [1.29, 1.82) is 5.26 Å². The highest BCUT2D eigenvalue weighted by Crippen LogP contribution is 2.22. The molecule has 0 aliphatic carbocycles. The third-order valence-corrected chi connectivity index (χ3v) is 2.35. The molecule has 1 aromatic carbocycles. The van der Waals surface area contributed by atoms with Crippen molar-refractivity contribution >= 4 is 6.08 Å². The number of rotatable bonds is 2. The van der Waals surface area contributed by atoms with Gasteiger partial charge in [-0.05, 0) is 18.2 Å². The molecule has 0 aliphatic rings. The van der Waals surface area contributed by atoms with E-state index in [2.05, 4.69) is 17.6 Å². The van der Waals surface area contributed by atoms with E-state index in [1.54, 1.807) is 18.3 Å². The molecule has 2 heteroatoms. The first-order valence-corrected chi connectivity index (χ1v) is 4.93. The van der Waals surface area contributed by atoms with E-state index < -0.39 is 0 Å². The van der Waals surface area contributed by atoms with Gasteiger partial charge in [0.15, 0.2) is 0 Å². The van der Waals surface area contributed by atoms with Gasteiger partial charge in [-0.15, -0.1) is 0 Å². The van der Waals surface area contributed by atoms with Crippen LogP contribution >= 0.6 is 0 Å². The fraction of sp³-hybridized carbons (Fsp3) is 0. The summed E-state index contributed by atoms with van der Waals surface area (Å²) in [5.41, 5.74) is 3.35. The summed E-state index contributed by atoms with van der Waals surface area (Å²) in [6.07, 6.45) is 3.45. The number of nitriles is 1. The molecule has 0 unspecified atom stereocenters. The first-order chi connectivity index (χ1) is 7.85. The number of hydrogen-bond donors (Lipinski definition) is 0. The van der Waals surface area contributed by atoms with E-state index in [0.717, 1.165) is 16.8 Å². The lowest BCUT2D eigenvalue weighted by atomic mass is 10.0. The van der Waals surface area contributed by atoms with Crippen LogP contribution in [0.2, 0.25) is 0 Å². The average molecular weight is 206 g/mol. The number of pyridine rings is 1. The Kier molecular flexibility index (Phi) is 2.79. The van der Waals surface area contributed by atoms with Crippen LogP contribution in [0.5, 0.6) is 0 Å². The number of benzene rings is 1. The van der Waals surface area contributed by atoms with Crippen LogP contribution in [0.3, 0.4) is 0 Å². The molecule has 0 radical (unpaired) electrons. The summed E-state index contributed by atoms with van der Waals surface area (Å²) in [6, 6.07) is 13.5. The molecule has 0 fully saturated rings. The quantitative estimate of drug-likeness (QED) is 0.756. The van der Waals surface area contributed by atoms with Crippen molar-refractivity contribution in [1.82, 2.24) is 4.98 Å². The molecule has 0 N–H and O–H groups in total. The molecule has 0 saturated carbocycles. The fourth-order valence-electron chi connectivity index (χ4n) is 1.52. The zero-order valence-electron chi connectivity index (χ0n) is 8.72. The SMILES string of the molecule is C=Cc1ccc(-c2ccccc2C#N)cn1. The molecule has 0 spiro atoms. The van der Waals surface area contributed by atoms with E-state index in [0.29, 0.717) is 5.56 Å². The first kappa shape index (κ1) is 10.1. The van der Waals surface area contributed by atoms with Crippen LogP contribution in [0.4, 0.5) is 0 Å². The van der Waals surface area contributed by atoms with Gasteiger partial charge in [0, 0.05) is 17.3 Å². The van der Waals surface area contributed by atoms with Crippen LogP contribution in [0.25, 0.3) is 17.2 Å². The molecule has 76 valence electrons. The molecular formula is C14H10N2. The molecule has 0 saturated heterocycles. The largest absolute Gasteiger partial charge is 0.256 e. The molecule has 0 bridgehead atoms. The van der Waals surface area contributed by atoms with Crippen molar-refractivity contribution in [2.45, 2.75) is 0 Å². The van der Waals surface area contributed by atoms with E-state index in [4.69, 9.17) is 5.26 Å². The van der Waals surface area contributed by atoms with Crippen molar-refractivity contribution < 1.29 is 0 Å². The van der Waals surface area contributed by atoms with E-state index >= 15 is 0 Å². The summed E-state index contributed by atoms with van der Waals surface area (Å²) in [6.45, 7) is 3.65. The van der Waals surface area contributed by atoms with Gasteiger partial charge in [0.25, 0.3) is 0 Å². The van der Waals surface area contributed by atoms with E-state index in [1.165, 1.54) is 0 Å². The molecule has 0 atom stereocenters. The minimum Gasteiger partial charge on any atom is -0.256 e. The predicted molar refractivity (Wildman–Crippen MR) is 64.5 cm³/mol. The number of nitrogens with zero attached hydrogens (tertiary/aromatic N) is 2. The maximum Gasteiger partial charge on any atom is 0.0998 e. The molecule has 16 heavy (non-hydrogen) atoms. The van der Waals surface area contributed by atoms with Crippen molar-refractivity contribution in [3.8, 4) is 17.2 Å². The highest BCUT2D eigenvalue weighted by Gasteiger charge is 2.03. The van der Waals surface area contributed by atoms with Crippen molar-refractivity contribution in [3.05, 3.63) is 60.4 Å². The maximum atomic E-state index is 8.99. The Hall–Kier alpha value is -2.40. The standard InChI is InChI=1S/C14H10N2/c1-2-13-8-7-12(10-16-13)14-6-4-3-5-11(14)9-15/h2-8,10H,1H2. The minimum absolute atomic E-state index is 0.663. The van der Waals surface area contributed by atoms with Gasteiger partial charge in [0.1, 0.15) is 0 Å². The Bertz CT molecular complexity index is 548. The third kappa shape index (κ3) is 1.84. The Labute approximate surface area is 94.5 Å². The molecule has 2 nitrogen and oxygen atoms in total. The van der Waals surface area contributed by atoms with Crippen molar-refractivity contribution in [2.24, 2.45) is 0 Å². The Morgan fingerprint density at radius 2 is 2.00 bits per heavy atom. The first-order valence-electron chi connectivity index (χ1n) is 4.93. The molecular weight excluding hydrogens is 196 g/mol. The third-order valence-electron chi connectivity index (χ3n) is 2.35. The number of hydrogen-bond acceptors (Lipinski definition) is 2. The van der Waals surface area contributed by atoms with Crippen LogP contribution in [0.15, 0.2) is 49.2 Å². The van der Waals surface area contributed by atoms with Gasteiger partial charge in [-0.25, -0.2) is 0 Å². The summed E-state index contributed by atoms with van der Waals surface area (Å²) in [7, 11) is 0. The predicted octanol–water partition coefficient (Wildman–Crippen LogP) is 3.26. The second-order valence-electron chi connectivity index (χ2n) is 3.33. The minimum atomic E-state index is 0.663. The molecule has 2 aromatic rings. The van der Waals surface area contributed by atoms with Crippen LogP contribution in [-0.2, 0) is 0 Å². The monoisotopic (exact) mass is 206 g/mol. The smallest absolute Gasteiger partial charge is 0.0998 e. The van der Waals surface area contributed by atoms with Gasteiger partial charge in [-0.3, -0.25) is 4.98 Å². The lowest BCUT2D eigenvalue weighted by molar-refractivity contribution is 1.29. The van der Waals surface area contributed by atoms with Crippen LogP contribution < -0.4 is 0 Å². The van der Waals surface area contributed by atoms with Crippen LogP contribution in [-0.4, -0.2) is 4.98 Å². The van der Waals surface area contributed by atoms with Crippen molar-refractivity contribution in [2.75, 3.05) is 0 Å². The zero-order chi connectivity index (χ0) is 11.4. The van der Waals surface area contributed by atoms with Gasteiger partial charge in [0.2, 0.25) is 0 Å². The highest BCUT2D eigenvalue weighted by atomic mass is 14.7. The molecule has 0 amide bonds. The summed E-state index contributed by atoms with van der Waals surface area (Å²) < 4.78 is 0. The molecule has 1 aromatic heterocycles. The lowest BCUT2D eigenvalue weighted by Gasteiger charge is -2.03. The molecule has 1 heterocycles. The summed E-state index contributed by atoms with van der Waals surface area (Å²) in [5.74, 6) is 0. The highest BCUT2D eigenvalue weighted by molar-refractivity contribution is 5.70. The van der Waals surface area contributed by atoms with Gasteiger partial charge in [0.05, 0.1) is 17.3 Å². The topological polar surface area (TPSA) is 36.7 Å². The second-order valence-corrected chi connectivity index (χ2v) is 3.33. The fourth-order valence-corrected chi connectivity index (χ4v) is 1.52. The molecule has 2 rings (SSSR count). The average Bonchev–Trinajstić information content (AvgIpc) is 2.39. The lowest BCUT2D eigenvalue weighted by Crippen LogP contribution is -1.86. The van der Waals surface area contributed by atoms with Gasteiger partial charge in [-0.2, -0.15) is 5.26 Å². The van der Waals surface area contributed by atoms with Crippen LogP contribution in [0, 0.1) is 11.3 Å². The summed E-state index contributed by atoms with van der Waals surface area (Å²) in [4.78, 5) is 4.22. The Balaban J connectivity index is 2.51. The van der Waals surface area contributed by atoms with Gasteiger partial charge in [-0.1, -0.05) is 30.8 Å². The molecule has 0 aliphatic heterocycles. The second kappa shape index (κ2) is 4.41. The van der Waals surface area contributed by atoms with E-state index in [-0.39, 0.29) is 0 Å². The van der Waals surface area contributed by atoms with Crippen LogP contribution in [0.1, 0.15) is 11.3 Å². The zero-order valence-corrected chi connectivity index (χ0v) is 8.72. The summed E-state index contributed by atoms with van der Waals surface area (Å²) >= 11 is 0. The number of aromatic nitrogens is 1. The maximum absolute atomic E-state index is 8.99. The van der Waals surface area contributed by atoms with E-state index in [9.17, 15) is 0 Å². The van der Waals surface area contributed by atoms with E-state index in [1.807, 2.05) is 30.3 Å². The Morgan fingerprint density at radius 3 is 2.62 bits per heavy atom. The summed E-state index contributed by atoms with van der Waals surface area (Å²) in [5, 5.41) is 8.99. The van der Waals surface area contributed by atoms with Crippen molar-refractivity contribution in [3.63, 3.8) is 0 Å². The normalized spacial score (nSPS) is 9.44. The Morgan fingerprint density at radius 1 is 1.19 bits per heavy atom. The van der Waals surface area contributed by atoms with Gasteiger partial charge >= 0.3 is 0 Å².